The van der Waals surface area contributed by atoms with Crippen molar-refractivity contribution < 1.29 is 23.9 Å². The fourth-order valence-corrected chi connectivity index (χ4v) is 2.76. The van der Waals surface area contributed by atoms with Gasteiger partial charge >= 0.3 is 5.97 Å². The molecule has 8 heteroatoms. The first-order valence-electron chi connectivity index (χ1n) is 5.46. The molecule has 0 radical (unpaired) electrons. The number of carboxylic acids is 1. The SMILES string of the molecule is CC(=O)c1ccc(/C=C2\SC(=S)N(CC(=O)O)C2=O)o1. The molecule has 1 aliphatic heterocycles. The van der Waals surface area contributed by atoms with E-state index in [1.54, 1.807) is 6.07 Å². The van der Waals surface area contributed by atoms with E-state index in [4.69, 9.17) is 21.7 Å². The van der Waals surface area contributed by atoms with Crippen LogP contribution < -0.4 is 0 Å². The van der Waals surface area contributed by atoms with Gasteiger partial charge in [-0.3, -0.25) is 19.3 Å². The molecule has 1 N–H and O–H groups in total. The maximum atomic E-state index is 12.0. The van der Waals surface area contributed by atoms with Crippen LogP contribution in [0.1, 0.15) is 23.2 Å². The molecule has 2 rings (SSSR count). The van der Waals surface area contributed by atoms with Gasteiger partial charge in [0.25, 0.3) is 5.91 Å². The molecular weight excluding hydrogens is 302 g/mol. The number of thioether (sulfide) groups is 1. The van der Waals surface area contributed by atoms with Gasteiger partial charge in [0.2, 0.25) is 0 Å². The van der Waals surface area contributed by atoms with Crippen LogP contribution in [0.5, 0.6) is 0 Å². The largest absolute Gasteiger partial charge is 0.480 e. The lowest BCUT2D eigenvalue weighted by Gasteiger charge is -2.09. The Balaban J connectivity index is 2.22. The minimum atomic E-state index is -1.14. The molecule has 1 aliphatic rings. The number of hydrogen-bond donors (Lipinski definition) is 1. The third-order valence-electron chi connectivity index (χ3n) is 2.41. The van der Waals surface area contributed by atoms with E-state index >= 15 is 0 Å². The molecule has 1 amide bonds. The van der Waals surface area contributed by atoms with Crippen molar-refractivity contribution in [1.82, 2.24) is 4.90 Å². The highest BCUT2D eigenvalue weighted by Crippen LogP contribution is 2.32. The predicted molar refractivity (Wildman–Crippen MR) is 76.2 cm³/mol. The molecule has 1 fully saturated rings. The smallest absolute Gasteiger partial charge is 0.323 e. The highest BCUT2D eigenvalue weighted by molar-refractivity contribution is 8.26. The van der Waals surface area contributed by atoms with Crippen molar-refractivity contribution in [2.75, 3.05) is 6.54 Å². The number of rotatable bonds is 4. The number of carbonyl (C=O) groups is 3. The summed E-state index contributed by atoms with van der Waals surface area (Å²) in [5.41, 5.74) is 0. The second-order valence-corrected chi connectivity index (χ2v) is 5.60. The number of hydrogen-bond acceptors (Lipinski definition) is 6. The molecule has 0 aliphatic carbocycles. The van der Waals surface area contributed by atoms with Crippen molar-refractivity contribution in [3.63, 3.8) is 0 Å². The Hall–Kier alpha value is -1.93. The van der Waals surface area contributed by atoms with Gasteiger partial charge < -0.3 is 9.52 Å². The molecule has 104 valence electrons. The van der Waals surface area contributed by atoms with E-state index < -0.39 is 18.4 Å². The van der Waals surface area contributed by atoms with Crippen LogP contribution in [0.4, 0.5) is 0 Å². The minimum Gasteiger partial charge on any atom is -0.480 e. The summed E-state index contributed by atoms with van der Waals surface area (Å²) in [6.07, 6.45) is 1.44. The lowest BCUT2D eigenvalue weighted by Crippen LogP contribution is -2.33. The second kappa shape index (κ2) is 5.59. The van der Waals surface area contributed by atoms with Crippen molar-refractivity contribution in [2.45, 2.75) is 6.92 Å². The van der Waals surface area contributed by atoms with Crippen LogP contribution in [-0.4, -0.2) is 38.5 Å². The standard InChI is InChI=1S/C12H9NO5S2/c1-6(14)8-3-2-7(18-8)4-9-11(17)13(5-10(15)16)12(19)20-9/h2-4H,5H2,1H3,(H,15,16)/b9-4-. The highest BCUT2D eigenvalue weighted by atomic mass is 32.2. The summed E-state index contributed by atoms with van der Waals surface area (Å²) in [7, 11) is 0. The number of carboxylic acid groups (broad SMARTS) is 1. The van der Waals surface area contributed by atoms with Crippen molar-refractivity contribution in [3.8, 4) is 0 Å². The zero-order valence-electron chi connectivity index (χ0n) is 10.3. The maximum absolute atomic E-state index is 12.0. The van der Waals surface area contributed by atoms with E-state index in [9.17, 15) is 14.4 Å². The van der Waals surface area contributed by atoms with E-state index in [0.29, 0.717) is 5.76 Å². The zero-order valence-corrected chi connectivity index (χ0v) is 11.9. The maximum Gasteiger partial charge on any atom is 0.323 e. The van der Waals surface area contributed by atoms with Gasteiger partial charge in [-0.05, 0) is 12.1 Å². The number of carbonyl (C=O) groups excluding carboxylic acids is 2. The van der Waals surface area contributed by atoms with Gasteiger partial charge in [0.1, 0.15) is 16.6 Å². The summed E-state index contributed by atoms with van der Waals surface area (Å²) in [5.74, 6) is -1.31. The van der Waals surface area contributed by atoms with Gasteiger partial charge in [-0.15, -0.1) is 0 Å². The summed E-state index contributed by atoms with van der Waals surface area (Å²) >= 11 is 5.95. The molecule has 0 spiro atoms. The van der Waals surface area contributed by atoms with Gasteiger partial charge in [-0.1, -0.05) is 24.0 Å². The fraction of sp³-hybridized carbons (Fsp3) is 0.167. The van der Waals surface area contributed by atoms with Gasteiger partial charge in [0.15, 0.2) is 11.5 Å². The van der Waals surface area contributed by atoms with Crippen LogP contribution >= 0.6 is 24.0 Å². The Morgan fingerprint density at radius 2 is 2.20 bits per heavy atom. The highest BCUT2D eigenvalue weighted by Gasteiger charge is 2.33. The number of Topliss-reactive ketones (excluding diaryl/α,β-unsaturated/α-hetero) is 1. The summed E-state index contributed by atoms with van der Waals surface area (Å²) in [6, 6.07) is 3.06. The Morgan fingerprint density at radius 1 is 1.50 bits per heavy atom. The molecule has 0 bridgehead atoms. The quantitative estimate of drug-likeness (QED) is 0.515. The minimum absolute atomic E-state index is 0.182. The van der Waals surface area contributed by atoms with E-state index in [1.807, 2.05) is 0 Å². The fourth-order valence-electron chi connectivity index (χ4n) is 1.52. The monoisotopic (exact) mass is 311 g/mol. The molecule has 6 nitrogen and oxygen atoms in total. The van der Waals surface area contributed by atoms with Crippen LogP contribution in [-0.2, 0) is 9.59 Å². The normalized spacial score (nSPS) is 17.1. The number of ketones is 1. The first-order valence-corrected chi connectivity index (χ1v) is 6.69. The average Bonchev–Trinajstić information content (AvgIpc) is 2.91. The van der Waals surface area contributed by atoms with Crippen LogP contribution in [0.3, 0.4) is 0 Å². The molecule has 20 heavy (non-hydrogen) atoms. The van der Waals surface area contributed by atoms with Crippen LogP contribution in [0, 0.1) is 0 Å². The summed E-state index contributed by atoms with van der Waals surface area (Å²) in [6.45, 7) is 0.897. The number of thiocarbonyl (C=S) groups is 1. The number of furan rings is 1. The Bertz CT molecular complexity index is 646. The van der Waals surface area contributed by atoms with Gasteiger partial charge in [0, 0.05) is 13.0 Å². The third kappa shape index (κ3) is 2.97. The van der Waals surface area contributed by atoms with Gasteiger partial charge in [-0.25, -0.2) is 0 Å². The summed E-state index contributed by atoms with van der Waals surface area (Å²) in [5, 5.41) is 8.71. The first kappa shape index (κ1) is 14.5. The molecule has 0 atom stereocenters. The van der Waals surface area contributed by atoms with Crippen LogP contribution in [0.15, 0.2) is 21.5 Å². The average molecular weight is 311 g/mol. The Morgan fingerprint density at radius 3 is 2.75 bits per heavy atom. The Kier molecular flexibility index (Phi) is 4.05. The molecule has 0 unspecified atom stereocenters. The first-order chi connectivity index (χ1) is 9.38. The molecule has 1 saturated heterocycles. The van der Waals surface area contributed by atoms with Crippen LogP contribution in [0.2, 0.25) is 0 Å². The zero-order chi connectivity index (χ0) is 14.9. The molecule has 1 aromatic heterocycles. The van der Waals surface area contributed by atoms with Crippen molar-refractivity contribution in [3.05, 3.63) is 28.6 Å². The van der Waals surface area contributed by atoms with Crippen molar-refractivity contribution in [1.29, 1.82) is 0 Å². The topological polar surface area (TPSA) is 87.8 Å². The molecule has 0 saturated carbocycles. The van der Waals surface area contributed by atoms with Gasteiger partial charge in [-0.2, -0.15) is 0 Å². The lowest BCUT2D eigenvalue weighted by molar-refractivity contribution is -0.140. The second-order valence-electron chi connectivity index (χ2n) is 3.92. The third-order valence-corrected chi connectivity index (χ3v) is 3.79. The molecule has 0 aromatic carbocycles. The van der Waals surface area contributed by atoms with Crippen molar-refractivity contribution in [2.24, 2.45) is 0 Å². The Labute approximate surface area is 123 Å². The van der Waals surface area contributed by atoms with E-state index in [-0.39, 0.29) is 20.8 Å². The lowest BCUT2D eigenvalue weighted by atomic mass is 10.3. The van der Waals surface area contributed by atoms with Gasteiger partial charge in [0.05, 0.1) is 4.91 Å². The number of aliphatic carboxylic acids is 1. The van der Waals surface area contributed by atoms with E-state index in [0.717, 1.165) is 16.7 Å². The molecular formula is C12H9NO5S2. The van der Waals surface area contributed by atoms with Crippen molar-refractivity contribution >= 4 is 52.0 Å². The molecule has 2 heterocycles. The summed E-state index contributed by atoms with van der Waals surface area (Å²) < 4.78 is 5.42. The predicted octanol–water partition coefficient (Wildman–Crippen LogP) is 1.77. The summed E-state index contributed by atoms with van der Waals surface area (Å²) in [4.78, 5) is 35.0. The number of nitrogens with zero attached hydrogens (tertiary/aromatic N) is 1. The van der Waals surface area contributed by atoms with E-state index in [1.165, 1.54) is 19.1 Å². The number of amides is 1. The van der Waals surface area contributed by atoms with Crippen LogP contribution in [0.25, 0.3) is 6.08 Å². The molecule has 1 aromatic rings. The van der Waals surface area contributed by atoms with E-state index in [2.05, 4.69) is 0 Å².